The number of hydrogen-bond acceptors (Lipinski definition) is 6. The van der Waals surface area contributed by atoms with Crippen molar-refractivity contribution in [1.82, 2.24) is 9.78 Å². The second kappa shape index (κ2) is 4.88. The van der Waals surface area contributed by atoms with E-state index in [-0.39, 0.29) is 28.5 Å². The Bertz CT molecular complexity index is 759. The number of anilines is 1. The number of azo groups is 1. The lowest BCUT2D eigenvalue weighted by Crippen LogP contribution is -2.10. The van der Waals surface area contributed by atoms with E-state index in [0.717, 1.165) is 10.7 Å². The molecule has 104 valence electrons. The van der Waals surface area contributed by atoms with Crippen molar-refractivity contribution in [3.8, 4) is 5.75 Å². The Kier molecular flexibility index (Phi) is 3.25. The van der Waals surface area contributed by atoms with Crippen LogP contribution in [0.5, 0.6) is 5.75 Å². The first-order valence-corrected chi connectivity index (χ1v) is 5.42. The molecule has 1 heterocycles. The van der Waals surface area contributed by atoms with E-state index < -0.39 is 11.5 Å². The average Bonchev–Trinajstić information content (AvgIpc) is 2.62. The van der Waals surface area contributed by atoms with Gasteiger partial charge in [-0.2, -0.15) is 5.11 Å². The van der Waals surface area contributed by atoms with Crippen molar-refractivity contribution in [2.45, 2.75) is 0 Å². The molecule has 9 heteroatoms. The van der Waals surface area contributed by atoms with E-state index in [1.807, 2.05) is 0 Å². The first-order valence-electron chi connectivity index (χ1n) is 5.42. The number of hydrogen-bond donors (Lipinski definition) is 4. The van der Waals surface area contributed by atoms with E-state index in [0.29, 0.717) is 0 Å². The molecule has 0 radical (unpaired) electrons. The Morgan fingerprint density at radius 3 is 2.65 bits per heavy atom. The second-order valence-electron chi connectivity index (χ2n) is 3.94. The van der Waals surface area contributed by atoms with Crippen molar-refractivity contribution in [2.75, 3.05) is 5.73 Å². The zero-order valence-electron chi connectivity index (χ0n) is 10.4. The molecule has 0 saturated carbocycles. The summed E-state index contributed by atoms with van der Waals surface area (Å²) in [6.07, 6.45) is 0. The fraction of sp³-hybridized carbons (Fsp3) is 0.0909. The van der Waals surface area contributed by atoms with Crippen LogP contribution in [0.25, 0.3) is 0 Å². The first-order chi connectivity index (χ1) is 9.40. The third kappa shape index (κ3) is 2.36. The van der Waals surface area contributed by atoms with Gasteiger partial charge in [-0.15, -0.1) is 5.11 Å². The monoisotopic (exact) mass is 277 g/mol. The number of aromatic amines is 1. The van der Waals surface area contributed by atoms with Crippen LogP contribution in [0.15, 0.2) is 33.2 Å². The van der Waals surface area contributed by atoms with E-state index in [9.17, 15) is 14.7 Å². The summed E-state index contributed by atoms with van der Waals surface area (Å²) in [4.78, 5) is 22.5. The standard InChI is InChI=1S/C11H11N5O4/c1-16-10(18)8(9(12)15-16)14-13-5-2-3-7(17)6(4-5)11(19)20/h2-4,15,17H,12H2,1H3,(H,19,20). The van der Waals surface area contributed by atoms with Crippen LogP contribution in [0, 0.1) is 0 Å². The summed E-state index contributed by atoms with van der Waals surface area (Å²) < 4.78 is 1.14. The van der Waals surface area contributed by atoms with Crippen LogP contribution in [-0.2, 0) is 7.05 Å². The largest absolute Gasteiger partial charge is 0.507 e. The number of phenols is 1. The lowest BCUT2D eigenvalue weighted by Gasteiger charge is -1.99. The van der Waals surface area contributed by atoms with Crippen LogP contribution in [0.3, 0.4) is 0 Å². The highest BCUT2D eigenvalue weighted by molar-refractivity contribution is 5.91. The van der Waals surface area contributed by atoms with Crippen LogP contribution >= 0.6 is 0 Å². The Hall–Kier alpha value is -3.10. The molecule has 0 amide bonds. The molecule has 0 unspecified atom stereocenters. The number of H-pyrrole nitrogens is 1. The van der Waals surface area contributed by atoms with Gasteiger partial charge in [-0.05, 0) is 18.2 Å². The molecule has 0 aliphatic rings. The lowest BCUT2D eigenvalue weighted by molar-refractivity contribution is 0.0694. The maximum atomic E-state index is 11.6. The maximum Gasteiger partial charge on any atom is 0.339 e. The fourth-order valence-electron chi connectivity index (χ4n) is 1.52. The molecule has 0 aliphatic carbocycles. The predicted octanol–water partition coefficient (Wildman–Crippen LogP) is 1.11. The third-order valence-electron chi connectivity index (χ3n) is 2.53. The number of carboxylic acid groups (broad SMARTS) is 1. The van der Waals surface area contributed by atoms with Crippen LogP contribution in [0.4, 0.5) is 17.2 Å². The maximum absolute atomic E-state index is 11.6. The fourth-order valence-corrected chi connectivity index (χ4v) is 1.52. The molecule has 2 rings (SSSR count). The predicted molar refractivity (Wildman–Crippen MR) is 69.7 cm³/mol. The number of nitrogens with two attached hydrogens (primary N) is 1. The van der Waals surface area contributed by atoms with Gasteiger partial charge >= 0.3 is 5.97 Å². The smallest absolute Gasteiger partial charge is 0.339 e. The van der Waals surface area contributed by atoms with Crippen LogP contribution in [0.1, 0.15) is 10.4 Å². The number of nitrogens with one attached hydrogen (secondary N) is 1. The number of rotatable bonds is 3. The van der Waals surface area contributed by atoms with Crippen LogP contribution in [0.2, 0.25) is 0 Å². The number of aryl methyl sites for hydroxylation is 1. The van der Waals surface area contributed by atoms with Gasteiger partial charge in [0.1, 0.15) is 17.1 Å². The zero-order valence-corrected chi connectivity index (χ0v) is 10.4. The topological polar surface area (TPSA) is 146 Å². The molecule has 0 saturated heterocycles. The molecule has 5 N–H and O–H groups in total. The van der Waals surface area contributed by atoms with Crippen molar-refractivity contribution in [2.24, 2.45) is 17.3 Å². The summed E-state index contributed by atoms with van der Waals surface area (Å²) in [6.45, 7) is 0. The first kappa shape index (κ1) is 13.3. The van der Waals surface area contributed by atoms with Crippen molar-refractivity contribution >= 4 is 23.2 Å². The Labute approximate surface area is 112 Å². The third-order valence-corrected chi connectivity index (χ3v) is 2.53. The Morgan fingerprint density at radius 1 is 1.40 bits per heavy atom. The number of carboxylic acids is 1. The van der Waals surface area contributed by atoms with Crippen LogP contribution < -0.4 is 11.3 Å². The molecule has 0 bridgehead atoms. The zero-order chi connectivity index (χ0) is 14.9. The Balaban J connectivity index is 2.39. The minimum atomic E-state index is -1.29. The molecule has 0 spiro atoms. The van der Waals surface area contributed by atoms with Gasteiger partial charge in [0.2, 0.25) is 0 Å². The number of benzene rings is 1. The molecule has 2 aromatic rings. The molecule has 1 aromatic heterocycles. The van der Waals surface area contributed by atoms with Crippen molar-refractivity contribution < 1.29 is 15.0 Å². The quantitative estimate of drug-likeness (QED) is 0.620. The summed E-state index contributed by atoms with van der Waals surface area (Å²) in [7, 11) is 1.47. The number of aromatic nitrogens is 2. The van der Waals surface area contributed by atoms with Gasteiger partial charge in [-0.25, -0.2) is 4.79 Å². The highest BCUT2D eigenvalue weighted by Crippen LogP contribution is 2.25. The number of nitrogens with zero attached hydrogens (tertiary/aromatic N) is 3. The molecule has 0 atom stereocenters. The second-order valence-corrected chi connectivity index (χ2v) is 3.94. The number of carbonyl (C=O) groups is 1. The summed E-state index contributed by atoms with van der Waals surface area (Å²) >= 11 is 0. The molecule has 1 aromatic carbocycles. The van der Waals surface area contributed by atoms with Crippen molar-refractivity contribution in [3.05, 3.63) is 34.1 Å². The van der Waals surface area contributed by atoms with Crippen LogP contribution in [-0.4, -0.2) is 26.0 Å². The molecular formula is C11H11N5O4. The van der Waals surface area contributed by atoms with Gasteiger partial charge in [0, 0.05) is 7.05 Å². The average molecular weight is 277 g/mol. The van der Waals surface area contributed by atoms with Gasteiger partial charge in [0.15, 0.2) is 5.69 Å². The van der Waals surface area contributed by atoms with Gasteiger partial charge < -0.3 is 15.9 Å². The highest BCUT2D eigenvalue weighted by atomic mass is 16.4. The number of aromatic carboxylic acids is 1. The number of nitrogen functional groups attached to an aromatic ring is 1. The lowest BCUT2D eigenvalue weighted by atomic mass is 10.2. The summed E-state index contributed by atoms with van der Waals surface area (Å²) in [6, 6.07) is 3.67. The molecule has 0 fully saturated rings. The van der Waals surface area contributed by atoms with Crippen molar-refractivity contribution in [1.29, 1.82) is 0 Å². The van der Waals surface area contributed by atoms with E-state index in [1.54, 1.807) is 0 Å². The SMILES string of the molecule is Cn1[nH]c(N)c(N=Nc2ccc(O)c(C(=O)O)c2)c1=O. The van der Waals surface area contributed by atoms with Gasteiger partial charge in [-0.3, -0.25) is 14.6 Å². The summed E-state index contributed by atoms with van der Waals surface area (Å²) in [5.74, 6) is -1.62. The molecular weight excluding hydrogens is 266 g/mol. The van der Waals surface area contributed by atoms with E-state index in [1.165, 1.54) is 19.2 Å². The molecule has 20 heavy (non-hydrogen) atoms. The van der Waals surface area contributed by atoms with Gasteiger partial charge in [0.05, 0.1) is 5.69 Å². The van der Waals surface area contributed by atoms with E-state index >= 15 is 0 Å². The minimum absolute atomic E-state index is 0.0542. The molecule has 0 aliphatic heterocycles. The number of aromatic hydroxyl groups is 1. The minimum Gasteiger partial charge on any atom is -0.507 e. The van der Waals surface area contributed by atoms with Gasteiger partial charge in [0.25, 0.3) is 5.56 Å². The van der Waals surface area contributed by atoms with E-state index in [4.69, 9.17) is 10.8 Å². The normalized spacial score (nSPS) is 11.1. The highest BCUT2D eigenvalue weighted by Gasteiger charge is 2.11. The summed E-state index contributed by atoms with van der Waals surface area (Å²) in [5.41, 5.74) is 4.88. The van der Waals surface area contributed by atoms with Gasteiger partial charge in [-0.1, -0.05) is 0 Å². The molecule has 9 nitrogen and oxygen atoms in total. The van der Waals surface area contributed by atoms with E-state index in [2.05, 4.69) is 15.3 Å². The Morgan fingerprint density at radius 2 is 2.10 bits per heavy atom. The van der Waals surface area contributed by atoms with Crippen molar-refractivity contribution in [3.63, 3.8) is 0 Å². The summed E-state index contributed by atoms with van der Waals surface area (Å²) in [5, 5.41) is 28.2.